The second kappa shape index (κ2) is 9.87. The van der Waals surface area contributed by atoms with E-state index in [1.54, 1.807) is 6.92 Å². The molecule has 10 nitrogen and oxygen atoms in total. The second-order valence-corrected chi connectivity index (χ2v) is 10.4. The molecule has 0 spiro atoms. The number of carbonyl (C=O) groups excluding carboxylic acids is 3. The van der Waals surface area contributed by atoms with Crippen LogP contribution in [-0.2, 0) is 26.0 Å². The van der Waals surface area contributed by atoms with Gasteiger partial charge in [0.15, 0.2) is 0 Å². The molecule has 3 N–H and O–H groups in total. The first kappa shape index (κ1) is 24.4. The van der Waals surface area contributed by atoms with Crippen molar-refractivity contribution in [2.24, 2.45) is 4.99 Å². The lowest BCUT2D eigenvalue weighted by Gasteiger charge is -2.21. The van der Waals surface area contributed by atoms with Crippen molar-refractivity contribution in [3.8, 4) is 0 Å². The maximum Gasteiger partial charge on any atom is 0.325 e. The maximum absolute atomic E-state index is 13.0. The molecule has 0 unspecified atom stereocenters. The summed E-state index contributed by atoms with van der Waals surface area (Å²) in [5.74, 6) is -0.691. The highest BCUT2D eigenvalue weighted by Crippen LogP contribution is 2.23. The van der Waals surface area contributed by atoms with E-state index in [1.165, 1.54) is 24.3 Å². The van der Waals surface area contributed by atoms with Gasteiger partial charge in [-0.05, 0) is 49.9 Å². The number of anilines is 1. The number of amidine groups is 1. The van der Waals surface area contributed by atoms with Crippen LogP contribution in [0.15, 0.2) is 64.5 Å². The molecular weight excluding hydrogens is 470 g/mol. The number of hydrogen-bond acceptors (Lipinski definition) is 6. The number of sulfonamides is 1. The summed E-state index contributed by atoms with van der Waals surface area (Å²) in [6.45, 7) is 1.74. The Labute approximate surface area is 203 Å². The average molecular weight is 498 g/mol. The SMILES string of the molecule is C[C@]1(CCc2ccccc2)NC(=O)N(CC(=O)Nc2cccc(S(=O)(=O)NC3=NCCC3)c2)C1=O. The molecule has 0 bridgehead atoms. The van der Waals surface area contributed by atoms with Crippen LogP contribution >= 0.6 is 0 Å². The fourth-order valence-corrected chi connectivity index (χ4v) is 5.16. The van der Waals surface area contributed by atoms with E-state index in [9.17, 15) is 22.8 Å². The Morgan fingerprint density at radius 2 is 1.91 bits per heavy atom. The fourth-order valence-electron chi connectivity index (χ4n) is 4.02. The molecular formula is C24H27N5O5S. The summed E-state index contributed by atoms with van der Waals surface area (Å²) in [6.07, 6.45) is 2.33. The Bertz CT molecular complexity index is 1280. The van der Waals surface area contributed by atoms with Gasteiger partial charge >= 0.3 is 6.03 Å². The fraction of sp³-hybridized carbons (Fsp3) is 0.333. The van der Waals surface area contributed by atoms with Crippen molar-refractivity contribution in [1.82, 2.24) is 14.9 Å². The third-order valence-corrected chi connectivity index (χ3v) is 7.34. The van der Waals surface area contributed by atoms with Crippen LogP contribution in [0.2, 0.25) is 0 Å². The van der Waals surface area contributed by atoms with Gasteiger partial charge in [0, 0.05) is 18.7 Å². The quantitative estimate of drug-likeness (QED) is 0.480. The van der Waals surface area contributed by atoms with Crippen LogP contribution in [0.5, 0.6) is 0 Å². The first-order chi connectivity index (χ1) is 16.7. The largest absolute Gasteiger partial charge is 0.325 e. The molecule has 4 rings (SSSR count). The molecule has 184 valence electrons. The number of imide groups is 1. The Morgan fingerprint density at radius 1 is 1.14 bits per heavy atom. The molecule has 2 heterocycles. The number of hydrogen-bond donors (Lipinski definition) is 3. The predicted octanol–water partition coefficient (Wildman–Crippen LogP) is 2.04. The first-order valence-electron chi connectivity index (χ1n) is 11.3. The Balaban J connectivity index is 1.38. The normalized spacial score (nSPS) is 19.9. The van der Waals surface area contributed by atoms with E-state index in [4.69, 9.17) is 0 Å². The van der Waals surface area contributed by atoms with Gasteiger partial charge < -0.3 is 10.6 Å². The molecule has 1 saturated heterocycles. The zero-order chi connectivity index (χ0) is 25.1. The Morgan fingerprint density at radius 3 is 2.63 bits per heavy atom. The number of aryl methyl sites for hydroxylation is 1. The summed E-state index contributed by atoms with van der Waals surface area (Å²) in [4.78, 5) is 43.0. The van der Waals surface area contributed by atoms with Gasteiger partial charge in [-0.2, -0.15) is 0 Å². The van der Waals surface area contributed by atoms with Crippen molar-refractivity contribution < 1.29 is 22.8 Å². The van der Waals surface area contributed by atoms with Crippen molar-refractivity contribution in [2.45, 2.75) is 43.0 Å². The van der Waals surface area contributed by atoms with Crippen molar-refractivity contribution in [3.63, 3.8) is 0 Å². The Kier molecular flexibility index (Phi) is 6.88. The summed E-state index contributed by atoms with van der Waals surface area (Å²) in [5, 5.41) is 5.26. The number of urea groups is 1. The monoisotopic (exact) mass is 497 g/mol. The van der Waals surface area contributed by atoms with Gasteiger partial charge in [-0.25, -0.2) is 13.2 Å². The molecule has 1 fully saturated rings. The number of carbonyl (C=O) groups is 3. The van der Waals surface area contributed by atoms with Gasteiger partial charge in [-0.1, -0.05) is 36.4 Å². The topological polar surface area (TPSA) is 137 Å². The molecule has 4 amide bonds. The number of benzene rings is 2. The molecule has 0 aliphatic carbocycles. The third kappa shape index (κ3) is 5.68. The lowest BCUT2D eigenvalue weighted by Crippen LogP contribution is -2.45. The lowest BCUT2D eigenvalue weighted by atomic mass is 9.93. The van der Waals surface area contributed by atoms with Crippen molar-refractivity contribution >= 4 is 39.4 Å². The zero-order valence-corrected chi connectivity index (χ0v) is 20.1. The molecule has 2 aliphatic rings. The van der Waals surface area contributed by atoms with Crippen LogP contribution in [0.25, 0.3) is 0 Å². The van der Waals surface area contributed by atoms with Crippen LogP contribution in [0, 0.1) is 0 Å². The molecule has 0 aromatic heterocycles. The molecule has 0 saturated carbocycles. The zero-order valence-electron chi connectivity index (χ0n) is 19.3. The summed E-state index contributed by atoms with van der Waals surface area (Å²) in [6, 6.07) is 14.7. The van der Waals surface area contributed by atoms with Crippen molar-refractivity contribution in [2.75, 3.05) is 18.4 Å². The average Bonchev–Trinajstić information content (AvgIpc) is 3.40. The lowest BCUT2D eigenvalue weighted by molar-refractivity contribution is -0.133. The van der Waals surface area contributed by atoms with E-state index in [-0.39, 0.29) is 10.6 Å². The number of nitrogens with one attached hydrogen (secondary N) is 3. The molecule has 2 aliphatic heterocycles. The summed E-state index contributed by atoms with van der Waals surface area (Å²) < 4.78 is 27.7. The van der Waals surface area contributed by atoms with Crippen LogP contribution in [0.4, 0.5) is 10.5 Å². The van der Waals surface area contributed by atoms with Gasteiger partial charge in [-0.15, -0.1) is 0 Å². The second-order valence-electron chi connectivity index (χ2n) is 8.75. The highest BCUT2D eigenvalue weighted by atomic mass is 32.2. The molecule has 2 aromatic carbocycles. The predicted molar refractivity (Wildman–Crippen MR) is 130 cm³/mol. The van der Waals surface area contributed by atoms with Gasteiger partial charge in [0.1, 0.15) is 17.9 Å². The standard InChI is InChI=1S/C24H27N5O5S/c1-24(13-12-17-7-3-2-4-8-17)22(31)29(23(32)27-24)16-21(30)26-18-9-5-10-19(15-18)35(33,34)28-20-11-6-14-25-20/h2-5,7-10,15H,6,11-14,16H2,1H3,(H,25,28)(H,26,30)(H,27,32)/t24-/m1/s1. The highest BCUT2D eigenvalue weighted by molar-refractivity contribution is 7.90. The first-order valence-corrected chi connectivity index (χ1v) is 12.8. The van der Waals surface area contributed by atoms with Crippen molar-refractivity contribution in [1.29, 1.82) is 0 Å². The van der Waals surface area contributed by atoms with E-state index < -0.39 is 40.0 Å². The van der Waals surface area contributed by atoms with Crippen LogP contribution in [0.3, 0.4) is 0 Å². The van der Waals surface area contributed by atoms with E-state index in [2.05, 4.69) is 20.3 Å². The highest BCUT2D eigenvalue weighted by Gasteiger charge is 2.47. The molecule has 35 heavy (non-hydrogen) atoms. The van der Waals surface area contributed by atoms with Crippen LogP contribution in [-0.4, -0.2) is 55.6 Å². The Hall–Kier alpha value is -3.73. The minimum absolute atomic E-state index is 0.0339. The van der Waals surface area contributed by atoms with Crippen molar-refractivity contribution in [3.05, 3.63) is 60.2 Å². The number of aliphatic imine (C=N–C) groups is 1. The smallest absolute Gasteiger partial charge is 0.324 e. The summed E-state index contributed by atoms with van der Waals surface area (Å²) >= 11 is 0. The van der Waals surface area contributed by atoms with Gasteiger partial charge in [0.2, 0.25) is 5.91 Å². The molecule has 2 aromatic rings. The molecule has 0 radical (unpaired) electrons. The maximum atomic E-state index is 13.0. The van der Waals surface area contributed by atoms with Crippen LogP contribution < -0.4 is 15.4 Å². The molecule has 1 atom stereocenters. The van der Waals surface area contributed by atoms with Gasteiger partial charge in [0.05, 0.1) is 4.90 Å². The molecule has 11 heteroatoms. The number of rotatable bonds is 8. The minimum Gasteiger partial charge on any atom is -0.324 e. The van der Waals surface area contributed by atoms with E-state index >= 15 is 0 Å². The van der Waals surface area contributed by atoms with Crippen LogP contribution in [0.1, 0.15) is 31.7 Å². The van der Waals surface area contributed by atoms with E-state index in [1.807, 2.05) is 30.3 Å². The third-order valence-electron chi connectivity index (χ3n) is 5.96. The van der Waals surface area contributed by atoms with Gasteiger partial charge in [0.25, 0.3) is 15.9 Å². The van der Waals surface area contributed by atoms with E-state index in [0.29, 0.717) is 31.6 Å². The van der Waals surface area contributed by atoms with E-state index in [0.717, 1.165) is 16.9 Å². The number of amides is 4. The van der Waals surface area contributed by atoms with Gasteiger partial charge in [-0.3, -0.25) is 24.2 Å². The number of nitrogens with zero attached hydrogens (tertiary/aromatic N) is 2. The summed E-state index contributed by atoms with van der Waals surface area (Å²) in [7, 11) is -3.85. The summed E-state index contributed by atoms with van der Waals surface area (Å²) in [5.41, 5.74) is 0.150. The minimum atomic E-state index is -3.85.